The maximum absolute atomic E-state index is 13.8. The molecule has 0 radical (unpaired) electrons. The average Bonchev–Trinajstić information content (AvgIpc) is 2.52. The average molecular weight is 339 g/mol. The number of nitrogens with one attached hydrogen (secondary N) is 1. The highest BCUT2D eigenvalue weighted by molar-refractivity contribution is 6.31. The first-order chi connectivity index (χ1) is 10.9. The van der Waals surface area contributed by atoms with Crippen LogP contribution >= 0.6 is 11.6 Å². The molecule has 1 unspecified atom stereocenters. The minimum absolute atomic E-state index is 0.113. The van der Waals surface area contributed by atoms with Gasteiger partial charge in [-0.15, -0.1) is 0 Å². The van der Waals surface area contributed by atoms with E-state index in [1.54, 1.807) is 37.1 Å². The summed E-state index contributed by atoms with van der Waals surface area (Å²) in [6, 6.07) is 9.77. The fraction of sp³-hybridized carbons (Fsp3) is 0.235. The molecule has 2 aromatic carbocycles. The van der Waals surface area contributed by atoms with Gasteiger partial charge >= 0.3 is 0 Å². The van der Waals surface area contributed by atoms with E-state index in [1.807, 2.05) is 0 Å². The topological polar surface area (TPSA) is 32.3 Å². The van der Waals surface area contributed by atoms with Crippen molar-refractivity contribution in [2.24, 2.45) is 0 Å². The number of carbonyl (C=O) groups excluding carboxylic acids is 1. The van der Waals surface area contributed by atoms with Crippen molar-refractivity contribution >= 4 is 23.2 Å². The molecule has 0 aromatic heterocycles. The van der Waals surface area contributed by atoms with Gasteiger partial charge in [-0.3, -0.25) is 9.69 Å². The normalized spacial score (nSPS) is 12.3. The van der Waals surface area contributed by atoms with Crippen molar-refractivity contribution in [3.63, 3.8) is 0 Å². The van der Waals surface area contributed by atoms with Gasteiger partial charge in [0.2, 0.25) is 5.91 Å². The number of carbonyl (C=O) groups is 1. The Hall–Kier alpha value is -1.98. The summed E-state index contributed by atoms with van der Waals surface area (Å²) < 4.78 is 27.4. The van der Waals surface area contributed by atoms with E-state index in [1.165, 1.54) is 24.3 Å². The number of benzene rings is 2. The number of nitrogens with zero attached hydrogens (tertiary/aromatic N) is 1. The smallest absolute Gasteiger partial charge is 0.241 e. The zero-order valence-electron chi connectivity index (χ0n) is 12.8. The van der Waals surface area contributed by atoms with Gasteiger partial charge in [0, 0.05) is 17.1 Å². The molecule has 0 fully saturated rings. The van der Waals surface area contributed by atoms with Crippen LogP contribution in [0.3, 0.4) is 0 Å². The number of halogens is 3. The SMILES string of the molecule is CC(C(=O)Nc1ccccc1F)N(C)Cc1c(F)cccc1Cl. The molecule has 122 valence electrons. The van der Waals surface area contributed by atoms with Crippen LogP contribution in [0, 0.1) is 11.6 Å². The molecule has 2 aromatic rings. The second-order valence-electron chi connectivity index (χ2n) is 5.26. The quantitative estimate of drug-likeness (QED) is 0.891. The van der Waals surface area contributed by atoms with Crippen LogP contribution in [0.5, 0.6) is 0 Å². The van der Waals surface area contributed by atoms with E-state index < -0.39 is 17.7 Å². The summed E-state index contributed by atoms with van der Waals surface area (Å²) in [7, 11) is 1.67. The third-order valence-corrected chi connectivity index (χ3v) is 4.00. The lowest BCUT2D eigenvalue weighted by Crippen LogP contribution is -2.39. The van der Waals surface area contributed by atoms with Crippen LogP contribution in [0.1, 0.15) is 12.5 Å². The fourth-order valence-corrected chi connectivity index (χ4v) is 2.29. The van der Waals surface area contributed by atoms with E-state index >= 15 is 0 Å². The monoisotopic (exact) mass is 338 g/mol. The van der Waals surface area contributed by atoms with E-state index in [9.17, 15) is 13.6 Å². The predicted molar refractivity (Wildman–Crippen MR) is 87.4 cm³/mol. The second kappa shape index (κ2) is 7.53. The highest BCUT2D eigenvalue weighted by atomic mass is 35.5. The van der Waals surface area contributed by atoms with Gasteiger partial charge in [-0.05, 0) is 38.2 Å². The molecular weight excluding hydrogens is 322 g/mol. The van der Waals surface area contributed by atoms with Crippen LogP contribution in [0.2, 0.25) is 5.02 Å². The molecule has 0 aliphatic carbocycles. The minimum Gasteiger partial charge on any atom is -0.322 e. The van der Waals surface area contributed by atoms with Crippen molar-refractivity contribution < 1.29 is 13.6 Å². The highest BCUT2D eigenvalue weighted by Crippen LogP contribution is 2.21. The number of amides is 1. The van der Waals surface area contributed by atoms with Crippen molar-refractivity contribution in [2.75, 3.05) is 12.4 Å². The maximum Gasteiger partial charge on any atom is 0.241 e. The van der Waals surface area contributed by atoms with Gasteiger partial charge < -0.3 is 5.32 Å². The van der Waals surface area contributed by atoms with Gasteiger partial charge in [0.25, 0.3) is 0 Å². The van der Waals surface area contributed by atoms with Gasteiger partial charge in [0.05, 0.1) is 11.7 Å². The Morgan fingerprint density at radius 1 is 1.17 bits per heavy atom. The van der Waals surface area contributed by atoms with E-state index in [4.69, 9.17) is 11.6 Å². The molecule has 0 saturated heterocycles. The second-order valence-corrected chi connectivity index (χ2v) is 5.67. The van der Waals surface area contributed by atoms with Crippen LogP contribution in [0.15, 0.2) is 42.5 Å². The number of anilines is 1. The summed E-state index contributed by atoms with van der Waals surface area (Å²) in [5.74, 6) is -1.32. The van der Waals surface area contributed by atoms with Crippen molar-refractivity contribution in [3.8, 4) is 0 Å². The fourth-order valence-electron chi connectivity index (χ4n) is 2.07. The van der Waals surface area contributed by atoms with Gasteiger partial charge in [0.1, 0.15) is 11.6 Å². The summed E-state index contributed by atoms with van der Waals surface area (Å²) in [6.45, 7) is 1.82. The standard InChI is InChI=1S/C17H17ClF2N2O/c1-11(17(23)21-16-9-4-3-7-15(16)20)22(2)10-12-13(18)6-5-8-14(12)19/h3-9,11H,10H2,1-2H3,(H,21,23). The van der Waals surface area contributed by atoms with Crippen molar-refractivity contribution in [3.05, 3.63) is 64.7 Å². The van der Waals surface area contributed by atoms with Crippen molar-refractivity contribution in [1.29, 1.82) is 0 Å². The van der Waals surface area contributed by atoms with E-state index in [0.717, 1.165) is 0 Å². The summed E-state index contributed by atoms with van der Waals surface area (Å²) in [4.78, 5) is 13.9. The van der Waals surface area contributed by atoms with Gasteiger partial charge in [-0.2, -0.15) is 0 Å². The summed E-state index contributed by atoms with van der Waals surface area (Å²) >= 11 is 5.99. The van der Waals surface area contributed by atoms with E-state index in [2.05, 4.69) is 5.32 Å². The molecule has 3 nitrogen and oxygen atoms in total. The van der Waals surface area contributed by atoms with Crippen molar-refractivity contribution in [2.45, 2.75) is 19.5 Å². The summed E-state index contributed by atoms with van der Waals surface area (Å²) in [5, 5.41) is 2.83. The minimum atomic E-state index is -0.592. The first-order valence-corrected chi connectivity index (χ1v) is 7.46. The first-order valence-electron chi connectivity index (χ1n) is 7.08. The summed E-state index contributed by atoms with van der Waals surface area (Å²) in [5.41, 5.74) is 0.434. The Morgan fingerprint density at radius 2 is 1.83 bits per heavy atom. The molecule has 1 N–H and O–H groups in total. The predicted octanol–water partition coefficient (Wildman–Crippen LogP) is 4.08. The Bertz CT molecular complexity index is 688. The van der Waals surface area contributed by atoms with Gasteiger partial charge in [-0.1, -0.05) is 29.8 Å². The number of para-hydroxylation sites is 1. The molecule has 0 bridgehead atoms. The molecule has 2 rings (SSSR count). The third-order valence-electron chi connectivity index (χ3n) is 3.64. The van der Waals surface area contributed by atoms with Gasteiger partial charge in [-0.25, -0.2) is 8.78 Å². The summed E-state index contributed by atoms with van der Waals surface area (Å²) in [6.07, 6.45) is 0. The lowest BCUT2D eigenvalue weighted by molar-refractivity contribution is -0.120. The van der Waals surface area contributed by atoms with Crippen LogP contribution in [0.4, 0.5) is 14.5 Å². The maximum atomic E-state index is 13.8. The Labute approximate surface area is 138 Å². The van der Waals surface area contributed by atoms with Crippen molar-refractivity contribution in [1.82, 2.24) is 4.90 Å². The molecule has 23 heavy (non-hydrogen) atoms. The van der Waals surface area contributed by atoms with E-state index in [0.29, 0.717) is 10.6 Å². The number of likely N-dealkylation sites (N-methyl/N-ethyl adjacent to an activating group) is 1. The lowest BCUT2D eigenvalue weighted by Gasteiger charge is -2.24. The Balaban J connectivity index is 2.06. The molecule has 1 atom stereocenters. The first kappa shape index (κ1) is 17.4. The molecule has 0 aliphatic heterocycles. The molecule has 6 heteroatoms. The third kappa shape index (κ3) is 4.27. The molecule has 0 heterocycles. The Kier molecular flexibility index (Phi) is 5.69. The van der Waals surface area contributed by atoms with Crippen LogP contribution in [-0.4, -0.2) is 23.9 Å². The van der Waals surface area contributed by atoms with Gasteiger partial charge in [0.15, 0.2) is 0 Å². The van der Waals surface area contributed by atoms with Crippen LogP contribution in [0.25, 0.3) is 0 Å². The van der Waals surface area contributed by atoms with E-state index in [-0.39, 0.29) is 18.1 Å². The molecule has 0 saturated carbocycles. The molecule has 0 spiro atoms. The number of hydrogen-bond acceptors (Lipinski definition) is 2. The van der Waals surface area contributed by atoms with Crippen LogP contribution in [-0.2, 0) is 11.3 Å². The zero-order chi connectivity index (χ0) is 17.0. The zero-order valence-corrected chi connectivity index (χ0v) is 13.6. The number of hydrogen-bond donors (Lipinski definition) is 1. The molecule has 1 amide bonds. The molecular formula is C17H17ClF2N2O. The Morgan fingerprint density at radius 3 is 2.48 bits per heavy atom. The van der Waals surface area contributed by atoms with Crippen LogP contribution < -0.4 is 5.32 Å². The lowest BCUT2D eigenvalue weighted by atomic mass is 10.1. The number of rotatable bonds is 5. The largest absolute Gasteiger partial charge is 0.322 e. The highest BCUT2D eigenvalue weighted by Gasteiger charge is 2.21. The molecule has 0 aliphatic rings.